The van der Waals surface area contributed by atoms with E-state index >= 15 is 0 Å². The standard InChI is InChI=1S/C18H22BrNO/c1-20-14-15(13-16-7-5-6-10-18(16)19)11-12-21-17-8-3-2-4-9-17/h2-10,15,20H,11-14H2,1H3. The van der Waals surface area contributed by atoms with Crippen molar-refractivity contribution in [2.24, 2.45) is 5.92 Å². The molecule has 0 heterocycles. The van der Waals surface area contributed by atoms with Crippen LogP contribution in [0.25, 0.3) is 0 Å². The largest absolute Gasteiger partial charge is 0.494 e. The molecule has 2 rings (SSSR count). The lowest BCUT2D eigenvalue weighted by Gasteiger charge is -2.18. The summed E-state index contributed by atoms with van der Waals surface area (Å²) in [6, 6.07) is 18.4. The van der Waals surface area contributed by atoms with Crippen molar-refractivity contribution in [2.45, 2.75) is 12.8 Å². The Kier molecular flexibility index (Phi) is 6.77. The minimum Gasteiger partial charge on any atom is -0.494 e. The van der Waals surface area contributed by atoms with Gasteiger partial charge >= 0.3 is 0 Å². The van der Waals surface area contributed by atoms with E-state index in [-0.39, 0.29) is 0 Å². The molecule has 0 aromatic heterocycles. The van der Waals surface area contributed by atoms with Crippen molar-refractivity contribution in [1.29, 1.82) is 0 Å². The van der Waals surface area contributed by atoms with E-state index < -0.39 is 0 Å². The highest BCUT2D eigenvalue weighted by Gasteiger charge is 2.11. The summed E-state index contributed by atoms with van der Waals surface area (Å²) in [6.07, 6.45) is 2.09. The second-order valence-electron chi connectivity index (χ2n) is 5.17. The predicted molar refractivity (Wildman–Crippen MR) is 91.8 cm³/mol. The van der Waals surface area contributed by atoms with Gasteiger partial charge in [0.15, 0.2) is 0 Å². The average Bonchev–Trinajstić information content (AvgIpc) is 2.51. The van der Waals surface area contributed by atoms with Crippen LogP contribution in [0.5, 0.6) is 5.75 Å². The van der Waals surface area contributed by atoms with Gasteiger partial charge in [0.05, 0.1) is 6.61 Å². The molecule has 3 heteroatoms. The van der Waals surface area contributed by atoms with Gasteiger partial charge in [0.1, 0.15) is 5.75 Å². The van der Waals surface area contributed by atoms with Crippen LogP contribution in [-0.2, 0) is 6.42 Å². The van der Waals surface area contributed by atoms with Crippen LogP contribution in [0, 0.1) is 5.92 Å². The number of ether oxygens (including phenoxy) is 1. The number of hydrogen-bond donors (Lipinski definition) is 1. The maximum absolute atomic E-state index is 5.81. The van der Waals surface area contributed by atoms with Gasteiger partial charge in [0.25, 0.3) is 0 Å². The highest BCUT2D eigenvalue weighted by Crippen LogP contribution is 2.21. The van der Waals surface area contributed by atoms with Crippen LogP contribution in [-0.4, -0.2) is 20.2 Å². The van der Waals surface area contributed by atoms with Crippen molar-refractivity contribution in [3.63, 3.8) is 0 Å². The maximum atomic E-state index is 5.81. The van der Waals surface area contributed by atoms with Gasteiger partial charge in [0, 0.05) is 4.47 Å². The summed E-state index contributed by atoms with van der Waals surface area (Å²) >= 11 is 3.63. The minimum atomic E-state index is 0.567. The lowest BCUT2D eigenvalue weighted by atomic mass is 9.96. The smallest absolute Gasteiger partial charge is 0.119 e. The fraction of sp³-hybridized carbons (Fsp3) is 0.333. The van der Waals surface area contributed by atoms with E-state index in [9.17, 15) is 0 Å². The van der Waals surface area contributed by atoms with Crippen molar-refractivity contribution in [3.05, 3.63) is 64.6 Å². The minimum absolute atomic E-state index is 0.567. The molecular formula is C18H22BrNO. The molecule has 0 aliphatic heterocycles. The van der Waals surface area contributed by atoms with E-state index in [1.165, 1.54) is 10.0 Å². The Hall–Kier alpha value is -1.32. The zero-order valence-electron chi connectivity index (χ0n) is 12.4. The third-order valence-electron chi connectivity index (χ3n) is 3.50. The Labute approximate surface area is 135 Å². The molecule has 0 spiro atoms. The molecule has 1 N–H and O–H groups in total. The highest BCUT2D eigenvalue weighted by atomic mass is 79.9. The molecule has 112 valence electrons. The number of nitrogens with one attached hydrogen (secondary N) is 1. The van der Waals surface area contributed by atoms with Gasteiger partial charge in [-0.05, 0) is 56.1 Å². The lowest BCUT2D eigenvalue weighted by Crippen LogP contribution is -2.23. The molecule has 0 fully saturated rings. The number of hydrogen-bond acceptors (Lipinski definition) is 2. The quantitative estimate of drug-likeness (QED) is 0.768. The second-order valence-corrected chi connectivity index (χ2v) is 6.02. The molecule has 21 heavy (non-hydrogen) atoms. The van der Waals surface area contributed by atoms with Crippen LogP contribution in [0.3, 0.4) is 0 Å². The first kappa shape index (κ1) is 16.1. The lowest BCUT2D eigenvalue weighted by molar-refractivity contribution is 0.275. The Morgan fingerprint density at radius 1 is 1.05 bits per heavy atom. The maximum Gasteiger partial charge on any atom is 0.119 e. The zero-order chi connectivity index (χ0) is 14.9. The summed E-state index contributed by atoms with van der Waals surface area (Å²) in [5, 5.41) is 3.29. The highest BCUT2D eigenvalue weighted by molar-refractivity contribution is 9.10. The van der Waals surface area contributed by atoms with Gasteiger partial charge in [-0.1, -0.05) is 52.3 Å². The molecule has 2 aromatic carbocycles. The molecule has 2 nitrogen and oxygen atoms in total. The summed E-state index contributed by atoms with van der Waals surface area (Å²) < 4.78 is 7.00. The first-order chi connectivity index (χ1) is 10.3. The SMILES string of the molecule is CNCC(CCOc1ccccc1)Cc1ccccc1Br. The van der Waals surface area contributed by atoms with Crippen LogP contribution in [0.1, 0.15) is 12.0 Å². The van der Waals surface area contributed by atoms with E-state index in [0.717, 1.165) is 31.7 Å². The first-order valence-electron chi connectivity index (χ1n) is 7.35. The Balaban J connectivity index is 1.86. The normalized spacial score (nSPS) is 12.1. The summed E-state index contributed by atoms with van der Waals surface area (Å²) in [5.74, 6) is 1.51. The van der Waals surface area contributed by atoms with Crippen molar-refractivity contribution < 1.29 is 4.74 Å². The molecule has 0 saturated carbocycles. The molecule has 0 aliphatic carbocycles. The molecule has 2 aromatic rings. The third kappa shape index (κ3) is 5.52. The molecule has 1 atom stereocenters. The van der Waals surface area contributed by atoms with E-state index in [4.69, 9.17) is 4.74 Å². The van der Waals surface area contributed by atoms with Crippen molar-refractivity contribution in [3.8, 4) is 5.75 Å². The zero-order valence-corrected chi connectivity index (χ0v) is 14.0. The van der Waals surface area contributed by atoms with Gasteiger partial charge in [-0.15, -0.1) is 0 Å². The predicted octanol–water partition coefficient (Wildman–Crippen LogP) is 4.30. The Morgan fingerprint density at radius 2 is 1.76 bits per heavy atom. The average molecular weight is 348 g/mol. The molecule has 1 unspecified atom stereocenters. The third-order valence-corrected chi connectivity index (χ3v) is 4.27. The van der Waals surface area contributed by atoms with Gasteiger partial charge in [0.2, 0.25) is 0 Å². The number of rotatable bonds is 8. The van der Waals surface area contributed by atoms with Crippen molar-refractivity contribution in [2.75, 3.05) is 20.2 Å². The summed E-state index contributed by atoms with van der Waals surface area (Å²) in [5.41, 5.74) is 1.36. The molecule has 0 aliphatic rings. The number of halogens is 1. The van der Waals surface area contributed by atoms with Crippen LogP contribution in [0.4, 0.5) is 0 Å². The van der Waals surface area contributed by atoms with Gasteiger partial charge < -0.3 is 10.1 Å². The van der Waals surface area contributed by atoms with Crippen molar-refractivity contribution >= 4 is 15.9 Å². The fourth-order valence-electron chi connectivity index (χ4n) is 2.40. The number of para-hydroxylation sites is 1. The van der Waals surface area contributed by atoms with Crippen LogP contribution in [0.15, 0.2) is 59.1 Å². The molecular weight excluding hydrogens is 326 g/mol. The van der Waals surface area contributed by atoms with Crippen molar-refractivity contribution in [1.82, 2.24) is 5.32 Å². The number of benzene rings is 2. The molecule has 0 saturated heterocycles. The van der Waals surface area contributed by atoms with E-state index in [1.807, 2.05) is 37.4 Å². The monoisotopic (exact) mass is 347 g/mol. The van der Waals surface area contributed by atoms with Gasteiger partial charge in [-0.3, -0.25) is 0 Å². The summed E-state index contributed by atoms with van der Waals surface area (Å²) in [4.78, 5) is 0. The summed E-state index contributed by atoms with van der Waals surface area (Å²) in [6.45, 7) is 1.75. The van der Waals surface area contributed by atoms with Crippen LogP contribution in [0.2, 0.25) is 0 Å². The summed E-state index contributed by atoms with van der Waals surface area (Å²) in [7, 11) is 2.01. The molecule has 0 radical (unpaired) electrons. The second kappa shape index (κ2) is 8.85. The first-order valence-corrected chi connectivity index (χ1v) is 8.14. The molecule has 0 bridgehead atoms. The van der Waals surface area contributed by atoms with Gasteiger partial charge in [-0.2, -0.15) is 0 Å². The fourth-order valence-corrected chi connectivity index (χ4v) is 2.85. The Morgan fingerprint density at radius 3 is 2.48 bits per heavy atom. The van der Waals surface area contributed by atoms with Crippen LogP contribution < -0.4 is 10.1 Å². The Bertz CT molecular complexity index is 530. The molecule has 0 amide bonds. The van der Waals surface area contributed by atoms with Crippen LogP contribution >= 0.6 is 15.9 Å². The van der Waals surface area contributed by atoms with E-state index in [0.29, 0.717) is 5.92 Å². The van der Waals surface area contributed by atoms with E-state index in [1.54, 1.807) is 0 Å². The van der Waals surface area contributed by atoms with E-state index in [2.05, 4.69) is 45.5 Å². The topological polar surface area (TPSA) is 21.3 Å². The van der Waals surface area contributed by atoms with Gasteiger partial charge in [-0.25, -0.2) is 0 Å².